The van der Waals surface area contributed by atoms with Crippen LogP contribution in [0.25, 0.3) is 11.3 Å². The second kappa shape index (κ2) is 8.23. The Morgan fingerprint density at radius 2 is 2.03 bits per heavy atom. The van der Waals surface area contributed by atoms with Gasteiger partial charge in [-0.15, -0.1) is 0 Å². The van der Waals surface area contributed by atoms with Gasteiger partial charge in [0.25, 0.3) is 0 Å². The van der Waals surface area contributed by atoms with Gasteiger partial charge in [-0.3, -0.25) is 14.8 Å². The zero-order valence-corrected chi connectivity index (χ0v) is 16.0. The van der Waals surface area contributed by atoms with Gasteiger partial charge in [0.2, 0.25) is 5.75 Å². The number of aromatic nitrogens is 2. The minimum Gasteiger partial charge on any atom is -0.472 e. The lowest BCUT2D eigenvalue weighted by Crippen LogP contribution is -2.26. The van der Waals surface area contributed by atoms with Gasteiger partial charge in [0.15, 0.2) is 11.8 Å². The van der Waals surface area contributed by atoms with E-state index >= 15 is 0 Å². The molecular formula is C16H14ClF4N3O5. The predicted molar refractivity (Wildman–Crippen MR) is 92.0 cm³/mol. The Balaban J connectivity index is 2.57. The van der Waals surface area contributed by atoms with Crippen LogP contribution in [0.15, 0.2) is 12.1 Å². The number of rotatable bonds is 6. The summed E-state index contributed by atoms with van der Waals surface area (Å²) >= 11 is 5.72. The largest absolute Gasteiger partial charge is 0.472 e. The summed E-state index contributed by atoms with van der Waals surface area (Å²) in [4.78, 5) is 22.0. The fraction of sp³-hybridized carbons (Fsp3) is 0.375. The molecule has 0 aliphatic rings. The smallest absolute Gasteiger partial charge is 0.434 e. The summed E-state index contributed by atoms with van der Waals surface area (Å²) in [5.74, 6) is -2.64. The number of carbonyl (C=O) groups excluding carboxylic acids is 1. The van der Waals surface area contributed by atoms with E-state index in [0.717, 1.165) is 7.05 Å². The fourth-order valence-corrected chi connectivity index (χ4v) is 2.81. The van der Waals surface area contributed by atoms with Gasteiger partial charge in [0, 0.05) is 24.7 Å². The Labute approximate surface area is 166 Å². The maximum atomic E-state index is 14.6. The number of carbonyl (C=O) groups is 1. The molecular weight excluding hydrogens is 426 g/mol. The lowest BCUT2D eigenvalue weighted by molar-refractivity contribution is -0.386. The van der Waals surface area contributed by atoms with Crippen molar-refractivity contribution < 1.29 is 36.8 Å². The van der Waals surface area contributed by atoms with E-state index in [0.29, 0.717) is 16.8 Å². The van der Waals surface area contributed by atoms with Crippen molar-refractivity contribution in [3.05, 3.63) is 38.8 Å². The van der Waals surface area contributed by atoms with Crippen LogP contribution in [0.5, 0.6) is 5.75 Å². The van der Waals surface area contributed by atoms with E-state index in [1.54, 1.807) is 0 Å². The zero-order chi connectivity index (χ0) is 22.1. The Morgan fingerprint density at radius 1 is 1.41 bits per heavy atom. The number of nitrogens with zero attached hydrogens (tertiary/aromatic N) is 3. The summed E-state index contributed by atoms with van der Waals surface area (Å²) in [5.41, 5.74) is -3.41. The molecule has 0 N–H and O–H groups in total. The van der Waals surface area contributed by atoms with Crippen LogP contribution in [0.4, 0.5) is 23.2 Å². The van der Waals surface area contributed by atoms with Crippen molar-refractivity contribution in [3.63, 3.8) is 0 Å². The highest BCUT2D eigenvalue weighted by molar-refractivity contribution is 6.33. The van der Waals surface area contributed by atoms with E-state index in [9.17, 15) is 32.5 Å². The van der Waals surface area contributed by atoms with Gasteiger partial charge in [-0.05, 0) is 13.8 Å². The monoisotopic (exact) mass is 439 g/mol. The molecule has 1 unspecified atom stereocenters. The van der Waals surface area contributed by atoms with Crippen LogP contribution >= 0.6 is 11.6 Å². The molecule has 0 saturated carbocycles. The molecule has 0 aliphatic heterocycles. The van der Waals surface area contributed by atoms with E-state index in [2.05, 4.69) is 5.10 Å². The number of esters is 1. The summed E-state index contributed by atoms with van der Waals surface area (Å²) in [6, 6.07) is 1.21. The summed E-state index contributed by atoms with van der Waals surface area (Å²) in [6.07, 6.45) is -6.17. The number of aryl methyl sites for hydroxylation is 1. The van der Waals surface area contributed by atoms with Gasteiger partial charge in [-0.2, -0.15) is 18.3 Å². The van der Waals surface area contributed by atoms with Crippen molar-refractivity contribution in [1.82, 2.24) is 9.78 Å². The molecule has 29 heavy (non-hydrogen) atoms. The van der Waals surface area contributed by atoms with Crippen LogP contribution in [0.2, 0.25) is 5.02 Å². The Bertz CT molecular complexity index is 961. The lowest BCUT2D eigenvalue weighted by Gasteiger charge is -2.14. The molecule has 1 aromatic carbocycles. The molecule has 8 nitrogen and oxygen atoms in total. The standard InChI is InChI=1S/C16H14ClF4N3O5/c1-4-28-15(25)7(2)29-11-6-9(18)8(5-10(11)24(26)27)13-12(17)14(16(19,20)21)23(3)22-13/h5-7H,4H2,1-3H3. The first kappa shape index (κ1) is 22.4. The van der Waals surface area contributed by atoms with Crippen LogP contribution in [0, 0.1) is 15.9 Å². The van der Waals surface area contributed by atoms with Crippen LogP contribution < -0.4 is 4.74 Å². The molecule has 158 valence electrons. The third-order valence-corrected chi connectivity index (χ3v) is 4.04. The van der Waals surface area contributed by atoms with Crippen molar-refractivity contribution in [2.45, 2.75) is 26.1 Å². The zero-order valence-electron chi connectivity index (χ0n) is 15.2. The summed E-state index contributed by atoms with van der Waals surface area (Å²) < 4.78 is 64.0. The van der Waals surface area contributed by atoms with Crippen LogP contribution in [-0.2, 0) is 22.8 Å². The maximum Gasteiger partial charge on any atom is 0.434 e. The molecule has 1 heterocycles. The molecule has 0 bridgehead atoms. The van der Waals surface area contributed by atoms with E-state index in [1.807, 2.05) is 0 Å². The molecule has 0 aliphatic carbocycles. The first-order valence-electron chi connectivity index (χ1n) is 7.99. The van der Waals surface area contributed by atoms with Crippen LogP contribution in [0.1, 0.15) is 19.5 Å². The molecule has 0 fully saturated rings. The molecule has 13 heteroatoms. The number of ether oxygens (including phenoxy) is 2. The maximum absolute atomic E-state index is 14.6. The van der Waals surface area contributed by atoms with Crippen molar-refractivity contribution in [2.24, 2.45) is 7.05 Å². The highest BCUT2D eigenvalue weighted by Gasteiger charge is 2.39. The minimum absolute atomic E-state index is 0.0294. The second-order valence-corrected chi connectivity index (χ2v) is 6.08. The number of hydrogen-bond acceptors (Lipinski definition) is 6. The Morgan fingerprint density at radius 3 is 2.52 bits per heavy atom. The van der Waals surface area contributed by atoms with Crippen molar-refractivity contribution >= 4 is 23.3 Å². The molecule has 2 rings (SSSR count). The average molecular weight is 440 g/mol. The van der Waals surface area contributed by atoms with Gasteiger partial charge >= 0.3 is 17.8 Å². The molecule has 0 amide bonds. The normalized spacial score (nSPS) is 12.6. The Hall–Kier alpha value is -2.89. The van der Waals surface area contributed by atoms with E-state index in [-0.39, 0.29) is 6.61 Å². The number of benzene rings is 1. The topological polar surface area (TPSA) is 96.5 Å². The number of alkyl halides is 3. The first-order chi connectivity index (χ1) is 13.4. The number of nitro benzene ring substituents is 1. The third-order valence-electron chi connectivity index (χ3n) is 3.68. The minimum atomic E-state index is -4.88. The van der Waals surface area contributed by atoms with E-state index < -0.39 is 62.4 Å². The highest BCUT2D eigenvalue weighted by atomic mass is 35.5. The van der Waals surface area contributed by atoms with Gasteiger partial charge in [-0.25, -0.2) is 9.18 Å². The quantitative estimate of drug-likeness (QED) is 0.290. The van der Waals surface area contributed by atoms with Gasteiger partial charge in [0.05, 0.1) is 16.6 Å². The fourth-order valence-electron chi connectivity index (χ4n) is 2.44. The van der Waals surface area contributed by atoms with Crippen molar-refractivity contribution in [1.29, 1.82) is 0 Å². The van der Waals surface area contributed by atoms with Crippen molar-refractivity contribution in [2.75, 3.05) is 6.61 Å². The molecule has 0 saturated heterocycles. The second-order valence-electron chi connectivity index (χ2n) is 5.70. The first-order valence-corrected chi connectivity index (χ1v) is 8.37. The molecule has 1 aromatic heterocycles. The molecule has 1 atom stereocenters. The molecule has 0 radical (unpaired) electrons. The lowest BCUT2D eigenvalue weighted by atomic mass is 10.1. The SMILES string of the molecule is CCOC(=O)C(C)Oc1cc(F)c(-c2nn(C)c(C(F)(F)F)c2Cl)cc1[N+](=O)[O-]. The van der Waals surface area contributed by atoms with Gasteiger partial charge < -0.3 is 9.47 Å². The van der Waals surface area contributed by atoms with Crippen molar-refractivity contribution in [3.8, 4) is 17.0 Å². The van der Waals surface area contributed by atoms with E-state index in [1.165, 1.54) is 13.8 Å². The highest BCUT2D eigenvalue weighted by Crippen LogP contribution is 2.42. The number of hydrogen-bond donors (Lipinski definition) is 0. The molecule has 2 aromatic rings. The molecule has 0 spiro atoms. The van der Waals surface area contributed by atoms with Crippen LogP contribution in [0.3, 0.4) is 0 Å². The van der Waals surface area contributed by atoms with Crippen LogP contribution in [-0.4, -0.2) is 33.4 Å². The summed E-state index contributed by atoms with van der Waals surface area (Å²) in [7, 11) is 0.947. The number of halogens is 5. The van der Waals surface area contributed by atoms with Gasteiger partial charge in [-0.1, -0.05) is 11.6 Å². The van der Waals surface area contributed by atoms with Gasteiger partial charge in [0.1, 0.15) is 11.5 Å². The number of nitro groups is 1. The Kier molecular flexibility index (Phi) is 6.36. The average Bonchev–Trinajstić information content (AvgIpc) is 2.89. The predicted octanol–water partition coefficient (Wildman–Crippen LogP) is 4.14. The third kappa shape index (κ3) is 4.58. The van der Waals surface area contributed by atoms with E-state index in [4.69, 9.17) is 21.1 Å². The summed E-state index contributed by atoms with van der Waals surface area (Å²) in [6.45, 7) is 2.80. The summed E-state index contributed by atoms with van der Waals surface area (Å²) in [5, 5.41) is 14.0.